The lowest BCUT2D eigenvalue weighted by Crippen LogP contribution is -2.04. The molecular formula is C7H7ClN2O2. The number of carboxylic acids is 1. The smallest absolute Gasteiger partial charge is 0.356 e. The normalized spacial score (nSPS) is 9.83. The maximum atomic E-state index is 10.5. The molecule has 0 fully saturated rings. The first-order chi connectivity index (χ1) is 5.66. The first-order valence-electron chi connectivity index (χ1n) is 3.39. The van der Waals surface area contributed by atoms with Gasteiger partial charge in [0.05, 0.1) is 10.7 Å². The SMILES string of the molecule is CCc1ncnc(C(=O)O)c1Cl. The summed E-state index contributed by atoms with van der Waals surface area (Å²) < 4.78 is 0. The zero-order valence-electron chi connectivity index (χ0n) is 6.41. The van der Waals surface area contributed by atoms with Crippen LogP contribution in [-0.2, 0) is 6.42 Å². The first-order valence-corrected chi connectivity index (χ1v) is 3.77. The number of nitrogens with zero attached hydrogens (tertiary/aromatic N) is 2. The van der Waals surface area contributed by atoms with E-state index in [9.17, 15) is 4.79 Å². The Morgan fingerprint density at radius 2 is 2.33 bits per heavy atom. The Morgan fingerprint density at radius 3 is 2.83 bits per heavy atom. The minimum Gasteiger partial charge on any atom is -0.476 e. The van der Waals surface area contributed by atoms with Crippen molar-refractivity contribution in [2.24, 2.45) is 0 Å². The van der Waals surface area contributed by atoms with Gasteiger partial charge < -0.3 is 5.11 Å². The van der Waals surface area contributed by atoms with Gasteiger partial charge in [0.1, 0.15) is 6.33 Å². The molecule has 0 aromatic carbocycles. The molecule has 0 aliphatic heterocycles. The molecule has 0 saturated heterocycles. The van der Waals surface area contributed by atoms with Gasteiger partial charge in [0.25, 0.3) is 0 Å². The Bertz CT molecular complexity index is 314. The number of halogens is 1. The summed E-state index contributed by atoms with van der Waals surface area (Å²) >= 11 is 5.70. The predicted molar refractivity (Wildman–Crippen MR) is 43.4 cm³/mol. The molecule has 0 bridgehead atoms. The van der Waals surface area contributed by atoms with Gasteiger partial charge >= 0.3 is 5.97 Å². The summed E-state index contributed by atoms with van der Waals surface area (Å²) in [6.45, 7) is 1.85. The highest BCUT2D eigenvalue weighted by molar-refractivity contribution is 6.33. The van der Waals surface area contributed by atoms with Gasteiger partial charge in [0.15, 0.2) is 5.69 Å². The molecule has 64 valence electrons. The Hall–Kier alpha value is -1.16. The van der Waals surface area contributed by atoms with Crippen LogP contribution in [0.2, 0.25) is 5.02 Å². The van der Waals surface area contributed by atoms with E-state index >= 15 is 0 Å². The van der Waals surface area contributed by atoms with Crippen LogP contribution in [0.25, 0.3) is 0 Å². The van der Waals surface area contributed by atoms with Crippen LogP contribution < -0.4 is 0 Å². The number of aromatic carboxylic acids is 1. The lowest BCUT2D eigenvalue weighted by atomic mass is 10.3. The van der Waals surface area contributed by atoms with Gasteiger partial charge in [-0.15, -0.1) is 0 Å². The third-order valence-electron chi connectivity index (χ3n) is 1.40. The van der Waals surface area contributed by atoms with Crippen LogP contribution in [0.1, 0.15) is 23.1 Å². The molecule has 0 radical (unpaired) electrons. The number of aryl methyl sites for hydroxylation is 1. The molecule has 5 heteroatoms. The van der Waals surface area contributed by atoms with Crippen LogP contribution >= 0.6 is 11.6 Å². The zero-order valence-corrected chi connectivity index (χ0v) is 7.17. The summed E-state index contributed by atoms with van der Waals surface area (Å²) in [5, 5.41) is 8.74. The average molecular weight is 187 g/mol. The molecule has 12 heavy (non-hydrogen) atoms. The van der Waals surface area contributed by atoms with Gasteiger partial charge in [-0.2, -0.15) is 0 Å². The van der Waals surface area contributed by atoms with Crippen LogP contribution in [-0.4, -0.2) is 21.0 Å². The zero-order chi connectivity index (χ0) is 9.14. The number of aromatic nitrogens is 2. The largest absolute Gasteiger partial charge is 0.476 e. The number of hydrogen-bond acceptors (Lipinski definition) is 3. The highest BCUT2D eigenvalue weighted by Crippen LogP contribution is 2.16. The highest BCUT2D eigenvalue weighted by atomic mass is 35.5. The van der Waals surface area contributed by atoms with Crippen molar-refractivity contribution < 1.29 is 9.90 Å². The van der Waals surface area contributed by atoms with Crippen molar-refractivity contribution in [2.45, 2.75) is 13.3 Å². The lowest BCUT2D eigenvalue weighted by Gasteiger charge is -2.00. The van der Waals surface area contributed by atoms with Crippen molar-refractivity contribution in [1.29, 1.82) is 0 Å². The molecule has 0 saturated carbocycles. The molecule has 1 aromatic rings. The summed E-state index contributed by atoms with van der Waals surface area (Å²) in [7, 11) is 0. The summed E-state index contributed by atoms with van der Waals surface area (Å²) in [5.41, 5.74) is 0.424. The molecule has 0 unspecified atom stereocenters. The second kappa shape index (κ2) is 3.49. The fourth-order valence-corrected chi connectivity index (χ4v) is 1.11. The highest BCUT2D eigenvalue weighted by Gasteiger charge is 2.13. The molecule has 1 heterocycles. The van der Waals surface area contributed by atoms with E-state index in [1.165, 1.54) is 6.33 Å². The number of rotatable bonds is 2. The summed E-state index contributed by atoms with van der Waals surface area (Å²) in [5.74, 6) is -1.13. The Kier molecular flexibility index (Phi) is 2.60. The number of hydrogen-bond donors (Lipinski definition) is 1. The number of carboxylic acid groups (broad SMARTS) is 1. The van der Waals surface area contributed by atoms with Crippen LogP contribution in [0.3, 0.4) is 0 Å². The molecule has 0 amide bonds. The van der Waals surface area contributed by atoms with Crippen LogP contribution in [0.15, 0.2) is 6.33 Å². The van der Waals surface area contributed by atoms with E-state index in [-0.39, 0.29) is 10.7 Å². The average Bonchev–Trinajstić information content (AvgIpc) is 2.04. The fraction of sp³-hybridized carbons (Fsp3) is 0.286. The lowest BCUT2D eigenvalue weighted by molar-refractivity contribution is 0.0690. The minimum absolute atomic E-state index is 0.132. The third kappa shape index (κ3) is 1.53. The van der Waals surface area contributed by atoms with Crippen molar-refractivity contribution in [3.8, 4) is 0 Å². The van der Waals surface area contributed by atoms with Gasteiger partial charge in [-0.1, -0.05) is 18.5 Å². The molecular weight excluding hydrogens is 180 g/mol. The predicted octanol–water partition coefficient (Wildman–Crippen LogP) is 1.39. The second-order valence-corrected chi connectivity index (χ2v) is 2.52. The summed E-state index contributed by atoms with van der Waals surface area (Å²) in [6, 6.07) is 0. The topological polar surface area (TPSA) is 63.1 Å². The van der Waals surface area contributed by atoms with Gasteiger partial charge in [0.2, 0.25) is 0 Å². The van der Waals surface area contributed by atoms with Crippen LogP contribution in [0.5, 0.6) is 0 Å². The van der Waals surface area contributed by atoms with Gasteiger partial charge in [0, 0.05) is 0 Å². The summed E-state index contributed by atoms with van der Waals surface area (Å²) in [6.07, 6.45) is 1.80. The van der Waals surface area contributed by atoms with Crippen molar-refractivity contribution in [3.63, 3.8) is 0 Å². The van der Waals surface area contributed by atoms with E-state index in [4.69, 9.17) is 16.7 Å². The van der Waals surface area contributed by atoms with Crippen molar-refractivity contribution in [3.05, 3.63) is 22.7 Å². The van der Waals surface area contributed by atoms with Gasteiger partial charge in [-0.3, -0.25) is 0 Å². The van der Waals surface area contributed by atoms with Crippen molar-refractivity contribution in [1.82, 2.24) is 9.97 Å². The Morgan fingerprint density at radius 1 is 1.67 bits per heavy atom. The monoisotopic (exact) mass is 186 g/mol. The standard InChI is InChI=1S/C7H7ClN2O2/c1-2-4-5(8)6(7(11)12)10-3-9-4/h3H,2H2,1H3,(H,11,12). The van der Waals surface area contributed by atoms with E-state index in [0.29, 0.717) is 12.1 Å². The van der Waals surface area contributed by atoms with Gasteiger partial charge in [-0.05, 0) is 6.42 Å². The summed E-state index contributed by atoms with van der Waals surface area (Å²) in [4.78, 5) is 17.9. The molecule has 0 spiro atoms. The van der Waals surface area contributed by atoms with Gasteiger partial charge in [-0.25, -0.2) is 14.8 Å². The third-order valence-corrected chi connectivity index (χ3v) is 1.80. The molecule has 0 atom stereocenters. The molecule has 0 aliphatic carbocycles. The van der Waals surface area contributed by atoms with E-state index in [1.54, 1.807) is 0 Å². The van der Waals surface area contributed by atoms with E-state index in [0.717, 1.165) is 0 Å². The molecule has 1 rings (SSSR count). The maximum absolute atomic E-state index is 10.5. The Balaban J connectivity index is 3.23. The van der Waals surface area contributed by atoms with E-state index in [1.807, 2.05) is 6.92 Å². The van der Waals surface area contributed by atoms with Crippen molar-refractivity contribution >= 4 is 17.6 Å². The van der Waals surface area contributed by atoms with Crippen molar-refractivity contribution in [2.75, 3.05) is 0 Å². The number of carbonyl (C=O) groups is 1. The second-order valence-electron chi connectivity index (χ2n) is 2.14. The van der Waals surface area contributed by atoms with E-state index < -0.39 is 5.97 Å². The van der Waals surface area contributed by atoms with Crippen LogP contribution in [0, 0.1) is 0 Å². The molecule has 1 aromatic heterocycles. The molecule has 0 aliphatic rings. The maximum Gasteiger partial charge on any atom is 0.356 e. The van der Waals surface area contributed by atoms with E-state index in [2.05, 4.69) is 9.97 Å². The minimum atomic E-state index is -1.13. The fourth-order valence-electron chi connectivity index (χ4n) is 0.802. The Labute approximate surface area is 74.2 Å². The quantitative estimate of drug-likeness (QED) is 0.758. The first kappa shape index (κ1) is 8.93. The molecule has 1 N–H and O–H groups in total. The van der Waals surface area contributed by atoms with Crippen LogP contribution in [0.4, 0.5) is 0 Å². The molecule has 4 nitrogen and oxygen atoms in total.